The topological polar surface area (TPSA) is 90.4 Å². The molecule has 1 aliphatic heterocycles. The van der Waals surface area contributed by atoms with Crippen LogP contribution in [-0.2, 0) is 22.0 Å². The van der Waals surface area contributed by atoms with E-state index in [-0.39, 0.29) is 17.4 Å². The van der Waals surface area contributed by atoms with Gasteiger partial charge in [-0.2, -0.15) is 0 Å². The summed E-state index contributed by atoms with van der Waals surface area (Å²) in [5, 5.41) is 8.57. The Morgan fingerprint density at radius 2 is 2.28 bits per heavy atom. The predicted molar refractivity (Wildman–Crippen MR) is 94.3 cm³/mol. The van der Waals surface area contributed by atoms with E-state index in [1.165, 1.54) is 11.8 Å². The van der Waals surface area contributed by atoms with Gasteiger partial charge in [0.05, 0.1) is 17.2 Å². The van der Waals surface area contributed by atoms with Gasteiger partial charge >= 0.3 is 0 Å². The molecule has 7 nitrogen and oxygen atoms in total. The Morgan fingerprint density at radius 1 is 1.40 bits per heavy atom. The van der Waals surface area contributed by atoms with Crippen LogP contribution in [0.5, 0.6) is 0 Å². The second-order valence-electron chi connectivity index (χ2n) is 6.38. The Labute approximate surface area is 149 Å². The Balaban J connectivity index is 1.38. The molecule has 0 aliphatic carbocycles. The van der Waals surface area contributed by atoms with Crippen molar-refractivity contribution in [3.05, 3.63) is 41.7 Å². The molecule has 3 aromatic heterocycles. The second-order valence-corrected chi connectivity index (χ2v) is 9.53. The van der Waals surface area contributed by atoms with E-state index in [0.717, 1.165) is 16.9 Å². The minimum absolute atomic E-state index is 0.0877. The van der Waals surface area contributed by atoms with E-state index < -0.39 is 9.84 Å². The molecule has 1 saturated heterocycles. The van der Waals surface area contributed by atoms with Crippen LogP contribution in [-0.4, -0.2) is 39.5 Å². The van der Waals surface area contributed by atoms with E-state index in [1.807, 2.05) is 35.9 Å². The smallest absolute Gasteiger partial charge is 0.276 e. The lowest BCUT2D eigenvalue weighted by Gasteiger charge is -2.01. The standard InChI is InChI=1S/C16H18N4O3S2/c1-11-3-2-5-20-8-13(17-15(11)20)9-24-16-19-18-14(23-16)7-12-4-6-25(21,22)10-12/h2-3,5,8,12H,4,6-7,9-10H2,1H3. The first-order valence-corrected chi connectivity index (χ1v) is 10.9. The summed E-state index contributed by atoms with van der Waals surface area (Å²) >= 11 is 1.44. The van der Waals surface area contributed by atoms with Crippen molar-refractivity contribution >= 4 is 27.2 Å². The molecule has 1 aliphatic rings. The van der Waals surface area contributed by atoms with Crippen LogP contribution >= 0.6 is 11.8 Å². The summed E-state index contributed by atoms with van der Waals surface area (Å²) in [7, 11) is -2.88. The molecule has 4 heterocycles. The average Bonchev–Trinajstić information content (AvgIpc) is 3.25. The summed E-state index contributed by atoms with van der Waals surface area (Å²) in [5.74, 6) is 1.72. The lowest BCUT2D eigenvalue weighted by atomic mass is 10.1. The summed E-state index contributed by atoms with van der Waals surface area (Å²) in [6.07, 6.45) is 5.17. The molecule has 0 N–H and O–H groups in total. The van der Waals surface area contributed by atoms with E-state index in [4.69, 9.17) is 4.42 Å². The summed E-state index contributed by atoms with van der Waals surface area (Å²) in [6.45, 7) is 2.03. The van der Waals surface area contributed by atoms with Crippen LogP contribution in [0.1, 0.15) is 23.6 Å². The number of imidazole rings is 1. The fourth-order valence-corrected chi connectivity index (χ4v) is 5.59. The van der Waals surface area contributed by atoms with Gasteiger partial charge in [0.1, 0.15) is 5.65 Å². The number of pyridine rings is 1. The molecule has 1 fully saturated rings. The predicted octanol–water partition coefficient (Wildman–Crippen LogP) is 2.30. The maximum Gasteiger partial charge on any atom is 0.276 e. The molecule has 25 heavy (non-hydrogen) atoms. The number of hydrogen-bond donors (Lipinski definition) is 0. The Kier molecular flexibility index (Phi) is 4.28. The van der Waals surface area contributed by atoms with Crippen molar-refractivity contribution < 1.29 is 12.8 Å². The molecule has 0 saturated carbocycles. The fourth-order valence-electron chi connectivity index (χ4n) is 3.07. The molecule has 132 valence electrons. The highest BCUT2D eigenvalue weighted by molar-refractivity contribution is 7.98. The van der Waals surface area contributed by atoms with Crippen LogP contribution in [0.2, 0.25) is 0 Å². The van der Waals surface area contributed by atoms with Gasteiger partial charge in [0.15, 0.2) is 9.84 Å². The zero-order valence-corrected chi connectivity index (χ0v) is 15.4. The zero-order valence-electron chi connectivity index (χ0n) is 13.8. The van der Waals surface area contributed by atoms with Crippen LogP contribution in [0.15, 0.2) is 34.2 Å². The SMILES string of the molecule is Cc1cccn2cc(CSc3nnc(CC4CCS(=O)(=O)C4)o3)nc12. The first-order chi connectivity index (χ1) is 12.0. The highest BCUT2D eigenvalue weighted by atomic mass is 32.2. The summed E-state index contributed by atoms with van der Waals surface area (Å²) in [6, 6.07) is 4.03. The van der Waals surface area contributed by atoms with Gasteiger partial charge in [-0.25, -0.2) is 13.4 Å². The number of thioether (sulfide) groups is 1. The van der Waals surface area contributed by atoms with Crippen molar-refractivity contribution in [3.63, 3.8) is 0 Å². The molecule has 4 rings (SSSR count). The number of hydrogen-bond acceptors (Lipinski definition) is 7. The van der Waals surface area contributed by atoms with Gasteiger partial charge in [-0.05, 0) is 30.9 Å². The highest BCUT2D eigenvalue weighted by Crippen LogP contribution is 2.25. The minimum atomic E-state index is -2.88. The summed E-state index contributed by atoms with van der Waals surface area (Å²) in [4.78, 5) is 4.62. The number of aryl methyl sites for hydroxylation is 1. The molecular formula is C16H18N4O3S2. The lowest BCUT2D eigenvalue weighted by Crippen LogP contribution is -2.07. The van der Waals surface area contributed by atoms with E-state index in [9.17, 15) is 8.42 Å². The quantitative estimate of drug-likeness (QED) is 0.629. The molecule has 1 atom stereocenters. The van der Waals surface area contributed by atoms with Crippen molar-refractivity contribution in [3.8, 4) is 0 Å². The molecule has 9 heteroatoms. The second kappa shape index (κ2) is 6.45. The molecule has 1 unspecified atom stereocenters. The van der Waals surface area contributed by atoms with Gasteiger partial charge in [-0.15, -0.1) is 10.2 Å². The van der Waals surface area contributed by atoms with Gasteiger partial charge in [0, 0.05) is 24.6 Å². The van der Waals surface area contributed by atoms with Crippen LogP contribution in [0.25, 0.3) is 5.65 Å². The van der Waals surface area contributed by atoms with E-state index >= 15 is 0 Å². The van der Waals surface area contributed by atoms with Gasteiger partial charge in [0.25, 0.3) is 5.22 Å². The summed E-state index contributed by atoms with van der Waals surface area (Å²) < 4.78 is 30.7. The molecule has 3 aromatic rings. The minimum Gasteiger partial charge on any atom is -0.416 e. The Morgan fingerprint density at radius 3 is 3.04 bits per heavy atom. The molecule has 0 radical (unpaired) electrons. The van der Waals surface area contributed by atoms with Crippen LogP contribution < -0.4 is 0 Å². The summed E-state index contributed by atoms with van der Waals surface area (Å²) in [5.41, 5.74) is 3.03. The lowest BCUT2D eigenvalue weighted by molar-refractivity contribution is 0.389. The molecule has 0 bridgehead atoms. The highest BCUT2D eigenvalue weighted by Gasteiger charge is 2.29. The van der Waals surface area contributed by atoms with Gasteiger partial charge in [0.2, 0.25) is 5.89 Å². The van der Waals surface area contributed by atoms with Crippen molar-refractivity contribution in [2.45, 2.75) is 30.7 Å². The van der Waals surface area contributed by atoms with Crippen LogP contribution in [0.3, 0.4) is 0 Å². The average molecular weight is 378 g/mol. The fraction of sp³-hybridized carbons (Fsp3) is 0.438. The molecule has 0 amide bonds. The van der Waals surface area contributed by atoms with Gasteiger partial charge in [-0.1, -0.05) is 17.8 Å². The Hall–Kier alpha value is -1.87. The third kappa shape index (κ3) is 3.72. The van der Waals surface area contributed by atoms with E-state index in [0.29, 0.717) is 29.7 Å². The zero-order chi connectivity index (χ0) is 17.4. The van der Waals surface area contributed by atoms with Gasteiger partial charge < -0.3 is 8.82 Å². The first kappa shape index (κ1) is 16.6. The third-order valence-corrected chi connectivity index (χ3v) is 7.00. The van der Waals surface area contributed by atoms with E-state index in [1.54, 1.807) is 0 Å². The third-order valence-electron chi connectivity index (χ3n) is 4.31. The number of nitrogens with zero attached hydrogens (tertiary/aromatic N) is 4. The van der Waals surface area contributed by atoms with Crippen molar-refractivity contribution in [2.75, 3.05) is 11.5 Å². The number of sulfone groups is 1. The van der Waals surface area contributed by atoms with Crippen LogP contribution in [0.4, 0.5) is 0 Å². The van der Waals surface area contributed by atoms with E-state index in [2.05, 4.69) is 15.2 Å². The number of rotatable bonds is 5. The number of fused-ring (bicyclic) bond motifs is 1. The largest absolute Gasteiger partial charge is 0.416 e. The molecule has 0 aromatic carbocycles. The maximum atomic E-state index is 11.5. The Bertz CT molecular complexity index is 1010. The van der Waals surface area contributed by atoms with Crippen LogP contribution in [0, 0.1) is 12.8 Å². The van der Waals surface area contributed by atoms with Crippen molar-refractivity contribution in [2.24, 2.45) is 5.92 Å². The molecule has 0 spiro atoms. The first-order valence-electron chi connectivity index (χ1n) is 8.07. The van der Waals surface area contributed by atoms with Crippen molar-refractivity contribution in [1.29, 1.82) is 0 Å². The normalized spacial score (nSPS) is 19.6. The maximum absolute atomic E-state index is 11.5. The monoisotopic (exact) mass is 378 g/mol. The van der Waals surface area contributed by atoms with Gasteiger partial charge in [-0.3, -0.25) is 0 Å². The van der Waals surface area contributed by atoms with Crippen molar-refractivity contribution in [1.82, 2.24) is 19.6 Å². The number of aromatic nitrogens is 4. The molecular weight excluding hydrogens is 360 g/mol.